The molecular weight excluding hydrogens is 236 g/mol. The molecule has 0 aliphatic carbocycles. The predicted octanol–water partition coefficient (Wildman–Crippen LogP) is 3.85. The van der Waals surface area contributed by atoms with Gasteiger partial charge < -0.3 is 4.42 Å². The fraction of sp³-hybridized carbons (Fsp3) is 0.0769. The maximum Gasteiger partial charge on any atom is 0.247 e. The molecule has 0 aliphatic rings. The first-order valence-corrected chi connectivity index (χ1v) is 5.60. The van der Waals surface area contributed by atoms with E-state index in [2.05, 4.69) is 9.97 Å². The van der Waals surface area contributed by atoms with Crippen LogP contribution in [0.15, 0.2) is 40.9 Å². The first-order valence-electron chi connectivity index (χ1n) is 5.22. The van der Waals surface area contributed by atoms with Crippen LogP contribution in [0, 0.1) is 6.92 Å². The van der Waals surface area contributed by atoms with Gasteiger partial charge in [0.1, 0.15) is 5.52 Å². The number of aryl methyl sites for hydroxylation is 1. The van der Waals surface area contributed by atoms with Crippen LogP contribution >= 0.6 is 11.6 Å². The van der Waals surface area contributed by atoms with E-state index in [0.29, 0.717) is 22.1 Å². The minimum atomic E-state index is 0.507. The lowest BCUT2D eigenvalue weighted by Gasteiger charge is -1.98. The van der Waals surface area contributed by atoms with Gasteiger partial charge in [-0.1, -0.05) is 29.8 Å². The van der Waals surface area contributed by atoms with Crippen molar-refractivity contribution in [1.29, 1.82) is 0 Å². The molecule has 2 heterocycles. The first kappa shape index (κ1) is 10.3. The molecule has 0 radical (unpaired) electrons. The van der Waals surface area contributed by atoms with Gasteiger partial charge in [-0.05, 0) is 24.6 Å². The van der Waals surface area contributed by atoms with Crippen LogP contribution in [0.3, 0.4) is 0 Å². The van der Waals surface area contributed by atoms with E-state index in [1.165, 1.54) is 0 Å². The standard InChI is InChI=1S/C13H9ClN2O/c1-8-4-2-3-5-10(8)12-16-11-6-9(14)7-15-13(11)17-12/h2-7H,1H3. The highest BCUT2D eigenvalue weighted by atomic mass is 35.5. The third kappa shape index (κ3) is 1.78. The number of hydrogen-bond acceptors (Lipinski definition) is 3. The third-order valence-corrected chi connectivity index (χ3v) is 2.80. The van der Waals surface area contributed by atoms with Crippen LogP contribution in [0.25, 0.3) is 22.7 Å². The summed E-state index contributed by atoms with van der Waals surface area (Å²) >= 11 is 5.86. The molecule has 0 saturated carbocycles. The molecular formula is C13H9ClN2O. The van der Waals surface area contributed by atoms with Gasteiger partial charge in [-0.15, -0.1) is 0 Å². The van der Waals surface area contributed by atoms with Crippen molar-refractivity contribution in [2.45, 2.75) is 6.92 Å². The van der Waals surface area contributed by atoms with Crippen LogP contribution in [0.5, 0.6) is 0 Å². The number of oxazole rings is 1. The average Bonchev–Trinajstić information content (AvgIpc) is 2.72. The Hall–Kier alpha value is -1.87. The normalized spacial score (nSPS) is 10.9. The molecule has 0 unspecified atom stereocenters. The molecule has 0 spiro atoms. The van der Waals surface area contributed by atoms with Crippen LogP contribution in [0.1, 0.15) is 5.56 Å². The van der Waals surface area contributed by atoms with Gasteiger partial charge in [0.05, 0.1) is 5.02 Å². The Kier molecular flexibility index (Phi) is 2.34. The summed E-state index contributed by atoms with van der Waals surface area (Å²) in [4.78, 5) is 8.49. The third-order valence-electron chi connectivity index (χ3n) is 2.59. The van der Waals surface area contributed by atoms with Gasteiger partial charge in [0.15, 0.2) is 0 Å². The zero-order valence-electron chi connectivity index (χ0n) is 9.14. The van der Waals surface area contributed by atoms with Crippen LogP contribution in [0.2, 0.25) is 5.02 Å². The highest BCUT2D eigenvalue weighted by molar-refractivity contribution is 6.30. The highest BCUT2D eigenvalue weighted by Gasteiger charge is 2.10. The number of pyridine rings is 1. The Bertz CT molecular complexity index is 691. The monoisotopic (exact) mass is 244 g/mol. The van der Waals surface area contributed by atoms with Crippen molar-refractivity contribution >= 4 is 22.8 Å². The zero-order valence-corrected chi connectivity index (χ0v) is 9.90. The second-order valence-electron chi connectivity index (χ2n) is 3.81. The van der Waals surface area contributed by atoms with Gasteiger partial charge in [0, 0.05) is 11.8 Å². The molecule has 0 N–H and O–H groups in total. The number of fused-ring (bicyclic) bond motifs is 1. The zero-order chi connectivity index (χ0) is 11.8. The Morgan fingerprint density at radius 2 is 2.06 bits per heavy atom. The largest absolute Gasteiger partial charge is 0.418 e. The summed E-state index contributed by atoms with van der Waals surface area (Å²) in [6.07, 6.45) is 1.55. The fourth-order valence-electron chi connectivity index (χ4n) is 1.73. The summed E-state index contributed by atoms with van der Waals surface area (Å²) in [5.74, 6) is 0.577. The Morgan fingerprint density at radius 1 is 1.24 bits per heavy atom. The number of nitrogens with zero attached hydrogens (tertiary/aromatic N) is 2. The topological polar surface area (TPSA) is 38.9 Å². The summed E-state index contributed by atoms with van der Waals surface area (Å²) in [6, 6.07) is 9.68. The molecule has 0 saturated heterocycles. The number of rotatable bonds is 1. The summed E-state index contributed by atoms with van der Waals surface area (Å²) in [5.41, 5.74) is 3.27. The van der Waals surface area contributed by atoms with E-state index in [-0.39, 0.29) is 0 Å². The molecule has 3 nitrogen and oxygen atoms in total. The van der Waals surface area contributed by atoms with Gasteiger partial charge in [-0.25, -0.2) is 9.97 Å². The van der Waals surface area contributed by atoms with Crippen molar-refractivity contribution < 1.29 is 4.42 Å². The van der Waals surface area contributed by atoms with Crippen molar-refractivity contribution in [2.24, 2.45) is 0 Å². The molecule has 17 heavy (non-hydrogen) atoms. The number of benzene rings is 1. The van der Waals surface area contributed by atoms with Gasteiger partial charge in [-0.3, -0.25) is 0 Å². The maximum absolute atomic E-state index is 5.86. The van der Waals surface area contributed by atoms with Crippen LogP contribution in [-0.4, -0.2) is 9.97 Å². The summed E-state index contributed by atoms with van der Waals surface area (Å²) < 4.78 is 5.61. The lowest BCUT2D eigenvalue weighted by molar-refractivity contribution is 0.607. The Morgan fingerprint density at radius 3 is 2.88 bits per heavy atom. The minimum absolute atomic E-state index is 0.507. The lowest BCUT2D eigenvalue weighted by atomic mass is 10.1. The summed E-state index contributed by atoms with van der Waals surface area (Å²) in [6.45, 7) is 2.02. The van der Waals surface area contributed by atoms with Gasteiger partial charge in [-0.2, -0.15) is 0 Å². The lowest BCUT2D eigenvalue weighted by Crippen LogP contribution is -1.81. The molecule has 0 aliphatic heterocycles. The number of hydrogen-bond donors (Lipinski definition) is 0. The molecule has 0 atom stereocenters. The Labute approximate surface area is 103 Å². The van der Waals surface area contributed by atoms with E-state index in [9.17, 15) is 0 Å². The van der Waals surface area contributed by atoms with Crippen molar-refractivity contribution in [2.75, 3.05) is 0 Å². The van der Waals surface area contributed by atoms with Gasteiger partial charge in [0.25, 0.3) is 0 Å². The van der Waals surface area contributed by atoms with E-state index >= 15 is 0 Å². The second-order valence-corrected chi connectivity index (χ2v) is 4.25. The number of aromatic nitrogens is 2. The van der Waals surface area contributed by atoms with Crippen molar-refractivity contribution in [3.8, 4) is 11.5 Å². The molecule has 4 heteroatoms. The Balaban J connectivity index is 2.22. The molecule has 0 bridgehead atoms. The quantitative estimate of drug-likeness (QED) is 0.653. The van der Waals surface area contributed by atoms with Crippen LogP contribution in [-0.2, 0) is 0 Å². The van der Waals surface area contributed by atoms with Gasteiger partial charge >= 0.3 is 0 Å². The fourth-order valence-corrected chi connectivity index (χ4v) is 1.88. The molecule has 3 aromatic rings. The highest BCUT2D eigenvalue weighted by Crippen LogP contribution is 2.26. The average molecular weight is 245 g/mol. The summed E-state index contributed by atoms with van der Waals surface area (Å²) in [7, 11) is 0. The predicted molar refractivity (Wildman–Crippen MR) is 67.0 cm³/mol. The van der Waals surface area contributed by atoms with Crippen molar-refractivity contribution in [3.05, 3.63) is 47.1 Å². The van der Waals surface area contributed by atoms with Crippen molar-refractivity contribution in [3.63, 3.8) is 0 Å². The minimum Gasteiger partial charge on any atom is -0.418 e. The smallest absolute Gasteiger partial charge is 0.247 e. The van der Waals surface area contributed by atoms with E-state index in [4.69, 9.17) is 16.0 Å². The van der Waals surface area contributed by atoms with E-state index in [1.54, 1.807) is 12.3 Å². The van der Waals surface area contributed by atoms with Crippen molar-refractivity contribution in [1.82, 2.24) is 9.97 Å². The first-order chi connectivity index (χ1) is 8.24. The molecule has 1 aromatic carbocycles. The van der Waals surface area contributed by atoms with E-state index < -0.39 is 0 Å². The SMILES string of the molecule is Cc1ccccc1-c1nc2cc(Cl)cnc2o1. The molecule has 2 aromatic heterocycles. The number of halogens is 1. The molecule has 0 fully saturated rings. The van der Waals surface area contributed by atoms with Gasteiger partial charge in [0.2, 0.25) is 11.6 Å². The van der Waals surface area contributed by atoms with E-state index in [1.807, 2.05) is 31.2 Å². The van der Waals surface area contributed by atoms with E-state index in [0.717, 1.165) is 11.1 Å². The molecule has 84 valence electrons. The molecule has 3 rings (SSSR count). The maximum atomic E-state index is 5.86. The van der Waals surface area contributed by atoms with Crippen LogP contribution < -0.4 is 0 Å². The summed E-state index contributed by atoms with van der Waals surface area (Å²) in [5, 5.41) is 0.558. The second kappa shape index (κ2) is 3.86. The molecule has 0 amide bonds. The van der Waals surface area contributed by atoms with Crippen LogP contribution in [0.4, 0.5) is 0 Å².